The fraction of sp³-hybridized carbons (Fsp3) is 0. The predicted molar refractivity (Wildman–Crippen MR) is 75.5 cm³/mol. The fourth-order valence-corrected chi connectivity index (χ4v) is 1.77. The van der Waals surface area contributed by atoms with Gasteiger partial charge in [0.15, 0.2) is 0 Å². The van der Waals surface area contributed by atoms with Gasteiger partial charge in [-0.2, -0.15) is 0 Å². The molecule has 0 atom stereocenters. The summed E-state index contributed by atoms with van der Waals surface area (Å²) in [6, 6.07) is 9.58. The third-order valence-corrected chi connectivity index (χ3v) is 2.84. The fourth-order valence-electron chi connectivity index (χ4n) is 1.55. The van der Waals surface area contributed by atoms with Crippen LogP contribution in [0.2, 0.25) is 5.02 Å². The van der Waals surface area contributed by atoms with Crippen molar-refractivity contribution in [3.63, 3.8) is 0 Å². The number of anilines is 1. The first-order valence-corrected chi connectivity index (χ1v) is 6.13. The van der Waals surface area contributed by atoms with Gasteiger partial charge in [-0.1, -0.05) is 17.7 Å². The summed E-state index contributed by atoms with van der Waals surface area (Å²) in [6.07, 6.45) is 2.45. The minimum absolute atomic E-state index is 0.142. The molecular formula is C15H10ClF2NO. The first kappa shape index (κ1) is 14.2. The number of hydrogen-bond acceptors (Lipinski definition) is 1. The largest absolute Gasteiger partial charge is 0.323 e. The molecule has 1 N–H and O–H groups in total. The van der Waals surface area contributed by atoms with Crippen LogP contribution in [-0.2, 0) is 4.79 Å². The van der Waals surface area contributed by atoms with E-state index in [1.165, 1.54) is 48.5 Å². The van der Waals surface area contributed by atoms with Crippen molar-refractivity contribution in [3.8, 4) is 0 Å². The van der Waals surface area contributed by atoms with Crippen LogP contribution in [0.25, 0.3) is 6.08 Å². The molecule has 1 amide bonds. The van der Waals surface area contributed by atoms with E-state index in [1.54, 1.807) is 0 Å². The van der Waals surface area contributed by atoms with Gasteiger partial charge < -0.3 is 5.32 Å². The summed E-state index contributed by atoms with van der Waals surface area (Å²) in [4.78, 5) is 11.6. The van der Waals surface area contributed by atoms with Crippen LogP contribution in [0.3, 0.4) is 0 Å². The summed E-state index contributed by atoms with van der Waals surface area (Å²) in [7, 11) is 0. The number of nitrogens with one attached hydrogen (secondary N) is 1. The van der Waals surface area contributed by atoms with Crippen molar-refractivity contribution in [2.75, 3.05) is 5.32 Å². The monoisotopic (exact) mass is 293 g/mol. The number of halogens is 3. The zero-order chi connectivity index (χ0) is 14.5. The molecule has 0 saturated heterocycles. The number of carbonyl (C=O) groups excluding carboxylic acids is 1. The van der Waals surface area contributed by atoms with E-state index in [9.17, 15) is 13.6 Å². The van der Waals surface area contributed by atoms with Crippen molar-refractivity contribution in [1.82, 2.24) is 0 Å². The summed E-state index contributed by atoms with van der Waals surface area (Å²) in [5, 5.41) is 2.74. The van der Waals surface area contributed by atoms with Gasteiger partial charge in [0.2, 0.25) is 5.91 Å². The first-order chi connectivity index (χ1) is 9.56. The molecule has 0 aliphatic heterocycles. The average Bonchev–Trinajstić information content (AvgIpc) is 2.41. The Labute approximate surface area is 119 Å². The van der Waals surface area contributed by atoms with Gasteiger partial charge >= 0.3 is 0 Å². The van der Waals surface area contributed by atoms with Crippen molar-refractivity contribution >= 4 is 29.3 Å². The maximum atomic E-state index is 13.5. The summed E-state index contributed by atoms with van der Waals surface area (Å²) in [5.74, 6) is -1.36. The van der Waals surface area contributed by atoms with Gasteiger partial charge in [0.05, 0.1) is 5.02 Å². The molecular weight excluding hydrogens is 284 g/mol. The van der Waals surface area contributed by atoms with Gasteiger partial charge in [0.1, 0.15) is 11.6 Å². The maximum absolute atomic E-state index is 13.5. The Balaban J connectivity index is 2.08. The van der Waals surface area contributed by atoms with Crippen LogP contribution in [0.5, 0.6) is 0 Å². The number of hydrogen-bond donors (Lipinski definition) is 1. The lowest BCUT2D eigenvalue weighted by Gasteiger charge is -2.02. The van der Waals surface area contributed by atoms with Crippen molar-refractivity contribution in [2.45, 2.75) is 0 Å². The molecule has 2 rings (SSSR count). The number of benzene rings is 2. The van der Waals surface area contributed by atoms with Crippen molar-refractivity contribution in [3.05, 3.63) is 70.8 Å². The molecule has 0 unspecified atom stereocenters. The minimum Gasteiger partial charge on any atom is -0.323 e. The van der Waals surface area contributed by atoms with Gasteiger partial charge in [0, 0.05) is 17.3 Å². The average molecular weight is 294 g/mol. The zero-order valence-electron chi connectivity index (χ0n) is 10.2. The Morgan fingerprint density at radius 1 is 1.10 bits per heavy atom. The van der Waals surface area contributed by atoms with Crippen molar-refractivity contribution in [1.29, 1.82) is 0 Å². The highest BCUT2D eigenvalue weighted by atomic mass is 35.5. The molecule has 0 saturated carbocycles. The molecule has 0 spiro atoms. The van der Waals surface area contributed by atoms with E-state index in [0.29, 0.717) is 5.69 Å². The molecule has 2 aromatic rings. The van der Waals surface area contributed by atoms with E-state index in [0.717, 1.165) is 6.08 Å². The lowest BCUT2D eigenvalue weighted by Crippen LogP contribution is -2.07. The highest BCUT2D eigenvalue weighted by Crippen LogP contribution is 2.20. The predicted octanol–water partition coefficient (Wildman–Crippen LogP) is 4.27. The smallest absolute Gasteiger partial charge is 0.248 e. The lowest BCUT2D eigenvalue weighted by atomic mass is 10.2. The van der Waals surface area contributed by atoms with E-state index < -0.39 is 17.5 Å². The molecule has 0 aliphatic carbocycles. The molecule has 0 heterocycles. The Hall–Kier alpha value is -2.20. The summed E-state index contributed by atoms with van der Waals surface area (Å²) in [5.41, 5.74) is 0.587. The summed E-state index contributed by atoms with van der Waals surface area (Å²) >= 11 is 5.83. The number of rotatable bonds is 3. The molecule has 2 aromatic carbocycles. The first-order valence-electron chi connectivity index (χ1n) is 5.75. The van der Waals surface area contributed by atoms with E-state index in [1.807, 2.05) is 0 Å². The number of amides is 1. The molecule has 0 fully saturated rings. The van der Waals surface area contributed by atoms with Crippen LogP contribution in [0.1, 0.15) is 5.56 Å². The third-order valence-electron chi connectivity index (χ3n) is 2.51. The quantitative estimate of drug-likeness (QED) is 0.841. The molecule has 0 bridgehead atoms. The standard InChI is InChI=1S/C15H10ClF2NO/c16-13-2-1-3-14(18)12(13)8-9-15(20)19-11-6-4-10(17)5-7-11/h1-9H,(H,19,20). The highest BCUT2D eigenvalue weighted by molar-refractivity contribution is 6.32. The van der Waals surface area contributed by atoms with Crippen molar-refractivity contribution in [2.24, 2.45) is 0 Å². The van der Waals surface area contributed by atoms with Gasteiger partial charge in [-0.3, -0.25) is 4.79 Å². The highest BCUT2D eigenvalue weighted by Gasteiger charge is 2.04. The van der Waals surface area contributed by atoms with Crippen LogP contribution in [0, 0.1) is 11.6 Å². The number of carbonyl (C=O) groups is 1. The van der Waals surface area contributed by atoms with Crippen LogP contribution >= 0.6 is 11.6 Å². The second-order valence-corrected chi connectivity index (χ2v) is 4.37. The zero-order valence-corrected chi connectivity index (χ0v) is 11.0. The van der Waals surface area contributed by atoms with Crippen LogP contribution in [0.15, 0.2) is 48.5 Å². The topological polar surface area (TPSA) is 29.1 Å². The van der Waals surface area contributed by atoms with Gasteiger partial charge in [-0.25, -0.2) is 8.78 Å². The van der Waals surface area contributed by atoms with Gasteiger partial charge in [-0.15, -0.1) is 0 Å². The van der Waals surface area contributed by atoms with Crippen LogP contribution < -0.4 is 5.32 Å². The van der Waals surface area contributed by atoms with E-state index >= 15 is 0 Å². The van der Waals surface area contributed by atoms with E-state index in [2.05, 4.69) is 5.32 Å². The third kappa shape index (κ3) is 3.65. The summed E-state index contributed by atoms with van der Waals surface area (Å²) < 4.78 is 26.2. The Morgan fingerprint density at radius 3 is 2.45 bits per heavy atom. The molecule has 0 radical (unpaired) electrons. The van der Waals surface area contributed by atoms with Crippen LogP contribution in [-0.4, -0.2) is 5.91 Å². The normalized spacial score (nSPS) is 10.8. The molecule has 0 aromatic heterocycles. The lowest BCUT2D eigenvalue weighted by molar-refractivity contribution is -0.111. The van der Waals surface area contributed by atoms with Gasteiger partial charge in [-0.05, 0) is 42.5 Å². The second kappa shape index (κ2) is 6.30. The SMILES string of the molecule is O=C(C=Cc1c(F)cccc1Cl)Nc1ccc(F)cc1. The van der Waals surface area contributed by atoms with E-state index in [-0.39, 0.29) is 10.6 Å². The molecule has 20 heavy (non-hydrogen) atoms. The second-order valence-electron chi connectivity index (χ2n) is 3.96. The minimum atomic E-state index is -0.511. The molecule has 2 nitrogen and oxygen atoms in total. The Bertz CT molecular complexity index is 633. The van der Waals surface area contributed by atoms with E-state index in [4.69, 9.17) is 11.6 Å². The summed E-state index contributed by atoms with van der Waals surface area (Å²) in [6.45, 7) is 0. The molecule has 102 valence electrons. The Kier molecular flexibility index (Phi) is 4.48. The van der Waals surface area contributed by atoms with Crippen molar-refractivity contribution < 1.29 is 13.6 Å². The van der Waals surface area contributed by atoms with Crippen LogP contribution in [0.4, 0.5) is 14.5 Å². The maximum Gasteiger partial charge on any atom is 0.248 e. The Morgan fingerprint density at radius 2 is 1.80 bits per heavy atom. The molecule has 5 heteroatoms. The van der Waals surface area contributed by atoms with Gasteiger partial charge in [0.25, 0.3) is 0 Å². The molecule has 0 aliphatic rings.